The molecule has 1 N–H and O–H groups in total. The lowest BCUT2D eigenvalue weighted by atomic mass is 10.1. The maximum atomic E-state index is 11.6. The summed E-state index contributed by atoms with van der Waals surface area (Å²) in [6.07, 6.45) is 0.349. The number of carbonyl (C=O) groups excluding carboxylic acids is 1. The normalized spacial score (nSPS) is 12.0. The molecule has 0 aliphatic carbocycles. The van der Waals surface area contributed by atoms with Crippen LogP contribution in [0, 0.1) is 13.8 Å². The minimum atomic E-state index is -0.0192. The molecule has 0 saturated heterocycles. The largest absolute Gasteiger partial charge is 0.493 e. The number of benzene rings is 1. The fourth-order valence-corrected chi connectivity index (χ4v) is 1.85. The van der Waals surface area contributed by atoms with Gasteiger partial charge in [-0.05, 0) is 32.4 Å². The van der Waals surface area contributed by atoms with Gasteiger partial charge < -0.3 is 14.8 Å². The average molecular weight is 265 g/mol. The second-order valence-electron chi connectivity index (χ2n) is 4.79. The highest BCUT2D eigenvalue weighted by molar-refractivity contribution is 5.76. The molecule has 0 saturated carbocycles. The summed E-state index contributed by atoms with van der Waals surface area (Å²) in [4.78, 5) is 11.6. The molecule has 0 aliphatic rings. The lowest BCUT2D eigenvalue weighted by molar-refractivity contribution is -0.122. The molecule has 0 aromatic heterocycles. The Morgan fingerprint density at radius 3 is 2.74 bits per heavy atom. The molecule has 0 bridgehead atoms. The molecular weight excluding hydrogens is 242 g/mol. The molecule has 1 aromatic carbocycles. The predicted molar refractivity (Wildman–Crippen MR) is 75.5 cm³/mol. The maximum absolute atomic E-state index is 11.6. The van der Waals surface area contributed by atoms with Gasteiger partial charge in [0.05, 0.1) is 19.6 Å². The molecule has 1 atom stereocenters. The monoisotopic (exact) mass is 265 g/mol. The van der Waals surface area contributed by atoms with Gasteiger partial charge in [0, 0.05) is 13.2 Å². The van der Waals surface area contributed by atoms with Gasteiger partial charge in [-0.15, -0.1) is 0 Å². The van der Waals surface area contributed by atoms with E-state index < -0.39 is 0 Å². The first kappa shape index (κ1) is 15.5. The second-order valence-corrected chi connectivity index (χ2v) is 4.79. The van der Waals surface area contributed by atoms with Gasteiger partial charge in [0.1, 0.15) is 5.75 Å². The summed E-state index contributed by atoms with van der Waals surface area (Å²) in [6, 6.07) is 6.04. The molecule has 106 valence electrons. The van der Waals surface area contributed by atoms with Crippen LogP contribution in [0.4, 0.5) is 0 Å². The van der Waals surface area contributed by atoms with Gasteiger partial charge >= 0.3 is 0 Å². The van der Waals surface area contributed by atoms with E-state index in [1.807, 2.05) is 32.9 Å². The van der Waals surface area contributed by atoms with Crippen molar-refractivity contribution in [2.24, 2.45) is 0 Å². The van der Waals surface area contributed by atoms with Crippen LogP contribution in [-0.4, -0.2) is 32.3 Å². The van der Waals surface area contributed by atoms with Crippen LogP contribution < -0.4 is 10.1 Å². The molecule has 0 fully saturated rings. The first-order valence-corrected chi connectivity index (χ1v) is 6.51. The van der Waals surface area contributed by atoms with Crippen LogP contribution in [0.3, 0.4) is 0 Å². The summed E-state index contributed by atoms with van der Waals surface area (Å²) in [5, 5.41) is 2.85. The Hall–Kier alpha value is -1.55. The van der Waals surface area contributed by atoms with Gasteiger partial charge in [-0.25, -0.2) is 0 Å². The zero-order valence-corrected chi connectivity index (χ0v) is 12.2. The van der Waals surface area contributed by atoms with Gasteiger partial charge in [0.2, 0.25) is 5.91 Å². The van der Waals surface area contributed by atoms with Crippen LogP contribution in [0.2, 0.25) is 0 Å². The lowest BCUT2D eigenvalue weighted by Gasteiger charge is -2.13. The molecule has 4 heteroatoms. The smallest absolute Gasteiger partial charge is 0.223 e. The average Bonchev–Trinajstić information content (AvgIpc) is 2.32. The molecule has 0 heterocycles. The molecule has 0 spiro atoms. The maximum Gasteiger partial charge on any atom is 0.223 e. The molecule has 19 heavy (non-hydrogen) atoms. The Balaban J connectivity index is 2.31. The highest BCUT2D eigenvalue weighted by atomic mass is 16.5. The summed E-state index contributed by atoms with van der Waals surface area (Å²) in [6.45, 7) is 6.86. The van der Waals surface area contributed by atoms with Crippen molar-refractivity contribution < 1.29 is 14.3 Å². The third kappa shape index (κ3) is 5.75. The number of ether oxygens (including phenoxy) is 2. The van der Waals surface area contributed by atoms with Gasteiger partial charge in [-0.3, -0.25) is 4.79 Å². The van der Waals surface area contributed by atoms with E-state index in [1.165, 1.54) is 5.56 Å². The Morgan fingerprint density at radius 1 is 1.37 bits per heavy atom. The molecule has 0 aliphatic heterocycles. The third-order valence-electron chi connectivity index (χ3n) is 2.74. The number of carbonyl (C=O) groups is 1. The molecule has 1 amide bonds. The highest BCUT2D eigenvalue weighted by Crippen LogP contribution is 2.18. The topological polar surface area (TPSA) is 47.6 Å². The zero-order chi connectivity index (χ0) is 14.3. The van der Waals surface area contributed by atoms with E-state index in [2.05, 4.69) is 11.4 Å². The van der Waals surface area contributed by atoms with Crippen LogP contribution >= 0.6 is 0 Å². The van der Waals surface area contributed by atoms with Crippen LogP contribution in [0.25, 0.3) is 0 Å². The molecule has 1 aromatic rings. The summed E-state index contributed by atoms with van der Waals surface area (Å²) < 4.78 is 10.6. The minimum Gasteiger partial charge on any atom is -0.493 e. The number of methoxy groups -OCH3 is 1. The summed E-state index contributed by atoms with van der Waals surface area (Å²) in [7, 11) is 1.62. The Kier molecular flexibility index (Phi) is 6.36. The van der Waals surface area contributed by atoms with Crippen LogP contribution in [0.1, 0.15) is 24.5 Å². The molecule has 0 unspecified atom stereocenters. The summed E-state index contributed by atoms with van der Waals surface area (Å²) in [5.41, 5.74) is 2.30. The van der Waals surface area contributed by atoms with Gasteiger partial charge in [0.15, 0.2) is 0 Å². The standard InChI is InChI=1S/C15H23NO3/c1-11-5-6-14(12(2)9-11)19-8-7-15(17)16-13(3)10-18-4/h5-6,9,13H,7-8,10H2,1-4H3,(H,16,17)/t13-/m0/s1. The second kappa shape index (κ2) is 7.79. The van der Waals surface area contributed by atoms with Crippen molar-refractivity contribution in [3.8, 4) is 5.75 Å². The van der Waals surface area contributed by atoms with E-state index in [9.17, 15) is 4.79 Å². The Labute approximate surface area is 115 Å². The zero-order valence-electron chi connectivity index (χ0n) is 12.2. The summed E-state index contributed by atoms with van der Waals surface area (Å²) >= 11 is 0. The molecule has 4 nitrogen and oxygen atoms in total. The van der Waals surface area contributed by atoms with Crippen molar-refractivity contribution in [1.82, 2.24) is 5.32 Å². The van der Waals surface area contributed by atoms with Crippen LogP contribution in [0.5, 0.6) is 5.75 Å². The van der Waals surface area contributed by atoms with Crippen LogP contribution in [-0.2, 0) is 9.53 Å². The van der Waals surface area contributed by atoms with Crippen molar-refractivity contribution in [2.45, 2.75) is 33.2 Å². The molecule has 1 rings (SSSR count). The number of nitrogens with one attached hydrogen (secondary N) is 1. The van der Waals surface area contributed by atoms with E-state index in [1.54, 1.807) is 7.11 Å². The van der Waals surface area contributed by atoms with E-state index in [-0.39, 0.29) is 11.9 Å². The van der Waals surface area contributed by atoms with Crippen molar-refractivity contribution in [3.05, 3.63) is 29.3 Å². The minimum absolute atomic E-state index is 0.0192. The van der Waals surface area contributed by atoms with E-state index in [0.29, 0.717) is 19.6 Å². The Bertz CT molecular complexity index is 418. The highest BCUT2D eigenvalue weighted by Gasteiger charge is 2.07. The van der Waals surface area contributed by atoms with Crippen LogP contribution in [0.15, 0.2) is 18.2 Å². The van der Waals surface area contributed by atoms with Crippen molar-refractivity contribution in [2.75, 3.05) is 20.3 Å². The summed E-state index contributed by atoms with van der Waals surface area (Å²) in [5.74, 6) is 0.817. The van der Waals surface area contributed by atoms with Crippen molar-refractivity contribution >= 4 is 5.91 Å². The first-order valence-electron chi connectivity index (χ1n) is 6.51. The van der Waals surface area contributed by atoms with E-state index in [4.69, 9.17) is 9.47 Å². The SMILES string of the molecule is COC[C@H](C)NC(=O)CCOc1ccc(C)cc1C. The van der Waals surface area contributed by atoms with Gasteiger partial charge in [-0.2, -0.15) is 0 Å². The van der Waals surface area contributed by atoms with Gasteiger partial charge in [-0.1, -0.05) is 17.7 Å². The van der Waals surface area contributed by atoms with Crippen molar-refractivity contribution in [3.63, 3.8) is 0 Å². The number of amides is 1. The fraction of sp³-hybridized carbons (Fsp3) is 0.533. The van der Waals surface area contributed by atoms with E-state index in [0.717, 1.165) is 11.3 Å². The van der Waals surface area contributed by atoms with E-state index >= 15 is 0 Å². The molecule has 0 radical (unpaired) electrons. The fourth-order valence-electron chi connectivity index (χ4n) is 1.85. The van der Waals surface area contributed by atoms with Crippen molar-refractivity contribution in [1.29, 1.82) is 0 Å². The number of hydrogen-bond acceptors (Lipinski definition) is 3. The lowest BCUT2D eigenvalue weighted by Crippen LogP contribution is -2.36. The third-order valence-corrected chi connectivity index (χ3v) is 2.74. The molecular formula is C15H23NO3. The Morgan fingerprint density at radius 2 is 2.11 bits per heavy atom. The quantitative estimate of drug-likeness (QED) is 0.822. The number of rotatable bonds is 7. The first-order chi connectivity index (χ1) is 9.02. The van der Waals surface area contributed by atoms with Gasteiger partial charge in [0.25, 0.3) is 0 Å². The predicted octanol–water partition coefficient (Wildman–Crippen LogP) is 2.22. The number of aryl methyl sites for hydroxylation is 2. The number of hydrogen-bond donors (Lipinski definition) is 1.